The van der Waals surface area contributed by atoms with Gasteiger partial charge in [-0.2, -0.15) is 0 Å². The molecule has 3 amide bonds. The number of carbonyl (C=O) groups excluding carboxylic acids is 3. The lowest BCUT2D eigenvalue weighted by atomic mass is 10.1. The van der Waals surface area contributed by atoms with E-state index in [-0.39, 0.29) is 24.1 Å². The maximum absolute atomic E-state index is 12.6. The van der Waals surface area contributed by atoms with Gasteiger partial charge in [-0.05, 0) is 47.7 Å². The molecule has 1 aliphatic rings. The SMILES string of the molecule is O=C1CCC(n2cc3cc(CNC(=O)c4ccc5ccncc5c4)ccc3c2O)C(=O)N1. The molecule has 32 heavy (non-hydrogen) atoms. The molecule has 1 unspecified atom stereocenters. The average molecular weight is 428 g/mol. The summed E-state index contributed by atoms with van der Waals surface area (Å²) in [6.07, 6.45) is 5.70. The number of nitrogens with zero attached hydrogens (tertiary/aromatic N) is 2. The molecule has 1 atom stereocenters. The van der Waals surface area contributed by atoms with Gasteiger partial charge in [0.25, 0.3) is 5.91 Å². The smallest absolute Gasteiger partial charge is 0.251 e. The van der Waals surface area contributed by atoms with Gasteiger partial charge in [-0.25, -0.2) is 0 Å². The summed E-state index contributed by atoms with van der Waals surface area (Å²) in [5.74, 6) is -0.937. The molecule has 1 saturated heterocycles. The maximum atomic E-state index is 12.6. The van der Waals surface area contributed by atoms with E-state index in [1.807, 2.05) is 24.3 Å². The Morgan fingerprint density at radius 3 is 2.84 bits per heavy atom. The van der Waals surface area contributed by atoms with Crippen LogP contribution in [0, 0.1) is 0 Å². The Labute approximate surface area is 182 Å². The number of fused-ring (bicyclic) bond motifs is 2. The van der Waals surface area contributed by atoms with Crippen molar-refractivity contribution in [2.24, 2.45) is 0 Å². The Hall–Kier alpha value is -4.20. The van der Waals surface area contributed by atoms with Crippen LogP contribution in [0.1, 0.15) is 34.8 Å². The summed E-state index contributed by atoms with van der Waals surface area (Å²) in [5, 5.41) is 19.1. The quantitative estimate of drug-likeness (QED) is 0.433. The van der Waals surface area contributed by atoms with Gasteiger partial charge in [0.1, 0.15) is 6.04 Å². The van der Waals surface area contributed by atoms with E-state index in [4.69, 9.17) is 0 Å². The van der Waals surface area contributed by atoms with Crippen molar-refractivity contribution in [3.63, 3.8) is 0 Å². The lowest BCUT2D eigenvalue weighted by Gasteiger charge is -2.22. The molecule has 4 aromatic rings. The van der Waals surface area contributed by atoms with Gasteiger partial charge in [0.15, 0.2) is 5.88 Å². The van der Waals surface area contributed by atoms with Crippen LogP contribution in [0.2, 0.25) is 0 Å². The second kappa shape index (κ2) is 7.81. The number of pyridine rings is 1. The van der Waals surface area contributed by atoms with Crippen molar-refractivity contribution in [1.82, 2.24) is 20.2 Å². The Balaban J connectivity index is 1.34. The third-order valence-corrected chi connectivity index (χ3v) is 5.78. The molecule has 3 heterocycles. The minimum Gasteiger partial charge on any atom is -0.494 e. The van der Waals surface area contributed by atoms with Crippen LogP contribution in [0.15, 0.2) is 61.1 Å². The molecule has 0 radical (unpaired) electrons. The molecule has 1 fully saturated rings. The molecule has 1 aliphatic heterocycles. The van der Waals surface area contributed by atoms with E-state index in [0.29, 0.717) is 23.9 Å². The van der Waals surface area contributed by atoms with E-state index in [2.05, 4.69) is 15.6 Å². The molecule has 8 heteroatoms. The number of hydrogen-bond acceptors (Lipinski definition) is 5. The van der Waals surface area contributed by atoms with Gasteiger partial charge in [0.2, 0.25) is 11.8 Å². The molecule has 0 spiro atoms. The van der Waals surface area contributed by atoms with Gasteiger partial charge in [0.05, 0.1) is 0 Å². The number of hydrogen-bond donors (Lipinski definition) is 3. The zero-order valence-corrected chi connectivity index (χ0v) is 17.0. The van der Waals surface area contributed by atoms with Crippen molar-refractivity contribution in [3.8, 4) is 5.88 Å². The molecule has 2 aromatic heterocycles. The van der Waals surface area contributed by atoms with E-state index in [0.717, 1.165) is 21.7 Å². The highest BCUT2D eigenvalue weighted by molar-refractivity contribution is 6.00. The van der Waals surface area contributed by atoms with E-state index in [1.165, 1.54) is 4.57 Å². The first kappa shape index (κ1) is 19.7. The van der Waals surface area contributed by atoms with Gasteiger partial charge in [-0.15, -0.1) is 0 Å². The van der Waals surface area contributed by atoms with Crippen LogP contribution in [-0.4, -0.2) is 32.4 Å². The third-order valence-electron chi connectivity index (χ3n) is 5.78. The van der Waals surface area contributed by atoms with Gasteiger partial charge in [-0.3, -0.25) is 24.7 Å². The predicted molar refractivity (Wildman–Crippen MR) is 118 cm³/mol. The number of piperidine rings is 1. The summed E-state index contributed by atoms with van der Waals surface area (Å²) in [6.45, 7) is 0.310. The summed E-state index contributed by atoms with van der Waals surface area (Å²) >= 11 is 0. The van der Waals surface area contributed by atoms with E-state index in [1.54, 1.807) is 36.8 Å². The summed E-state index contributed by atoms with van der Waals surface area (Å²) in [5.41, 5.74) is 1.40. The molecule has 8 nitrogen and oxygen atoms in total. The molecular formula is C24H20N4O4. The molecule has 160 valence electrons. The zero-order valence-electron chi connectivity index (χ0n) is 17.0. The van der Waals surface area contributed by atoms with Gasteiger partial charge >= 0.3 is 0 Å². The third kappa shape index (κ3) is 3.56. The van der Waals surface area contributed by atoms with E-state index in [9.17, 15) is 19.5 Å². The highest BCUT2D eigenvalue weighted by atomic mass is 16.3. The second-order valence-electron chi connectivity index (χ2n) is 7.87. The summed E-state index contributed by atoms with van der Waals surface area (Å²) in [4.78, 5) is 40.3. The van der Waals surface area contributed by atoms with Gasteiger partial charge in [0, 0.05) is 53.3 Å². The number of imide groups is 1. The van der Waals surface area contributed by atoms with Crippen molar-refractivity contribution in [1.29, 1.82) is 0 Å². The van der Waals surface area contributed by atoms with Crippen LogP contribution in [0.4, 0.5) is 0 Å². The average Bonchev–Trinajstić information content (AvgIpc) is 3.12. The standard InChI is InChI=1S/C24H20N4O4/c29-21-6-5-20(23(31)27-21)28-13-18-9-14(1-4-19(18)24(28)32)11-26-22(30)16-3-2-15-7-8-25-12-17(15)10-16/h1-4,7-10,12-13,20,32H,5-6,11H2,(H,26,30)(H,27,29,31). The van der Waals surface area contributed by atoms with Crippen molar-refractivity contribution >= 4 is 39.3 Å². The largest absolute Gasteiger partial charge is 0.494 e. The number of benzene rings is 2. The first-order chi connectivity index (χ1) is 15.5. The number of aromatic hydroxyl groups is 1. The Kier molecular flexibility index (Phi) is 4.82. The van der Waals surface area contributed by atoms with Crippen LogP contribution in [0.3, 0.4) is 0 Å². The molecule has 2 aromatic carbocycles. The predicted octanol–water partition coefficient (Wildman–Crippen LogP) is 2.80. The van der Waals surface area contributed by atoms with Crippen LogP contribution >= 0.6 is 0 Å². The van der Waals surface area contributed by atoms with Crippen LogP contribution < -0.4 is 10.6 Å². The fourth-order valence-corrected chi connectivity index (χ4v) is 4.08. The topological polar surface area (TPSA) is 113 Å². The fourth-order valence-electron chi connectivity index (χ4n) is 4.08. The minimum absolute atomic E-state index is 0.0187. The van der Waals surface area contributed by atoms with Crippen LogP contribution in [0.5, 0.6) is 5.88 Å². The van der Waals surface area contributed by atoms with Crippen molar-refractivity contribution in [2.45, 2.75) is 25.4 Å². The highest BCUT2D eigenvalue weighted by Crippen LogP contribution is 2.33. The number of nitrogens with one attached hydrogen (secondary N) is 2. The monoisotopic (exact) mass is 428 g/mol. The molecule has 3 N–H and O–H groups in total. The van der Waals surface area contributed by atoms with Crippen molar-refractivity contribution < 1.29 is 19.5 Å². The first-order valence-electron chi connectivity index (χ1n) is 10.3. The lowest BCUT2D eigenvalue weighted by molar-refractivity contribution is -0.135. The number of aromatic nitrogens is 2. The number of rotatable bonds is 4. The highest BCUT2D eigenvalue weighted by Gasteiger charge is 2.30. The lowest BCUT2D eigenvalue weighted by Crippen LogP contribution is -2.41. The maximum Gasteiger partial charge on any atom is 0.251 e. The molecule has 0 aliphatic carbocycles. The number of carbonyl (C=O) groups is 3. The molecule has 0 bridgehead atoms. The van der Waals surface area contributed by atoms with Crippen molar-refractivity contribution in [2.75, 3.05) is 0 Å². The normalized spacial score (nSPS) is 16.3. The minimum atomic E-state index is -0.634. The van der Waals surface area contributed by atoms with E-state index < -0.39 is 11.9 Å². The summed E-state index contributed by atoms with van der Waals surface area (Å²) in [6, 6.07) is 12.2. The Morgan fingerprint density at radius 1 is 1.12 bits per heavy atom. The van der Waals surface area contributed by atoms with Gasteiger partial charge < -0.3 is 15.0 Å². The summed E-state index contributed by atoms with van der Waals surface area (Å²) in [7, 11) is 0. The van der Waals surface area contributed by atoms with Crippen LogP contribution in [0.25, 0.3) is 21.5 Å². The van der Waals surface area contributed by atoms with Gasteiger partial charge in [-0.1, -0.05) is 12.1 Å². The number of amides is 3. The zero-order chi connectivity index (χ0) is 22.2. The van der Waals surface area contributed by atoms with Crippen LogP contribution in [-0.2, 0) is 16.1 Å². The molecule has 5 rings (SSSR count). The Bertz CT molecular complexity index is 1390. The molecule has 0 saturated carbocycles. The van der Waals surface area contributed by atoms with Crippen molar-refractivity contribution in [3.05, 3.63) is 72.2 Å². The first-order valence-corrected chi connectivity index (χ1v) is 10.3. The second-order valence-corrected chi connectivity index (χ2v) is 7.87. The van der Waals surface area contributed by atoms with E-state index >= 15 is 0 Å². The fraction of sp³-hybridized carbons (Fsp3) is 0.167. The Morgan fingerprint density at radius 2 is 2.00 bits per heavy atom. The molecular weight excluding hydrogens is 408 g/mol. The summed E-state index contributed by atoms with van der Waals surface area (Å²) < 4.78 is 1.50.